The molecule has 5 heteroatoms. The Morgan fingerprint density at radius 2 is 2.00 bits per heavy atom. The molecule has 0 bridgehead atoms. The lowest BCUT2D eigenvalue weighted by molar-refractivity contribution is -0.384. The van der Waals surface area contributed by atoms with Crippen molar-refractivity contribution in [2.24, 2.45) is 0 Å². The summed E-state index contributed by atoms with van der Waals surface area (Å²) in [5, 5.41) is 15.1. The lowest BCUT2D eigenvalue weighted by atomic mass is 10.2. The number of aryl methyl sites for hydroxylation is 1. The molecular weight excluding hydrogens is 268 g/mol. The second-order valence-electron chi connectivity index (χ2n) is 4.88. The van der Waals surface area contributed by atoms with Gasteiger partial charge in [-0.2, -0.15) is 0 Å². The zero-order valence-corrected chi connectivity index (χ0v) is 11.5. The quantitative estimate of drug-likeness (QED) is 0.573. The number of nitrogens with zero attached hydrogens (tertiary/aromatic N) is 1. The van der Waals surface area contributed by atoms with Crippen molar-refractivity contribution >= 4 is 22.3 Å². The van der Waals surface area contributed by atoms with Gasteiger partial charge in [-0.1, -0.05) is 24.3 Å². The average Bonchev–Trinajstić information content (AvgIpc) is 2.87. The van der Waals surface area contributed by atoms with Crippen LogP contribution in [-0.4, -0.2) is 4.92 Å². The molecular formula is C16H14N2O3. The lowest BCUT2D eigenvalue weighted by Gasteiger charge is -2.06. The molecule has 3 aromatic rings. The molecule has 1 N–H and O–H groups in total. The summed E-state index contributed by atoms with van der Waals surface area (Å²) < 4.78 is 5.69. The molecule has 106 valence electrons. The van der Waals surface area contributed by atoms with Gasteiger partial charge in [0.1, 0.15) is 17.0 Å². The van der Waals surface area contributed by atoms with E-state index in [0.29, 0.717) is 12.2 Å². The van der Waals surface area contributed by atoms with Crippen molar-refractivity contribution in [2.75, 3.05) is 5.32 Å². The molecule has 3 rings (SSSR count). The summed E-state index contributed by atoms with van der Waals surface area (Å²) in [5.41, 5.74) is 2.35. The van der Waals surface area contributed by atoms with Gasteiger partial charge in [0, 0.05) is 11.5 Å². The summed E-state index contributed by atoms with van der Waals surface area (Å²) in [6.45, 7) is 2.30. The number of nitrogens with one attached hydrogen (secondary N) is 1. The third kappa shape index (κ3) is 2.72. The van der Waals surface area contributed by atoms with Crippen molar-refractivity contribution in [1.29, 1.82) is 0 Å². The van der Waals surface area contributed by atoms with Gasteiger partial charge in [-0.25, -0.2) is 0 Å². The van der Waals surface area contributed by atoms with Crippen molar-refractivity contribution in [2.45, 2.75) is 13.5 Å². The molecule has 5 nitrogen and oxygen atoms in total. The molecule has 0 aliphatic carbocycles. The van der Waals surface area contributed by atoms with Crippen LogP contribution in [0.25, 0.3) is 11.0 Å². The molecule has 0 atom stereocenters. The Bertz CT molecular complexity index is 775. The van der Waals surface area contributed by atoms with Gasteiger partial charge in [-0.3, -0.25) is 10.1 Å². The number of benzene rings is 2. The van der Waals surface area contributed by atoms with Gasteiger partial charge in [-0.05, 0) is 30.7 Å². The van der Waals surface area contributed by atoms with E-state index in [1.165, 1.54) is 6.07 Å². The molecule has 0 saturated heterocycles. The van der Waals surface area contributed by atoms with Gasteiger partial charge in [0.05, 0.1) is 11.5 Å². The molecule has 0 saturated carbocycles. The molecule has 1 aromatic heterocycles. The number of hydrogen-bond donors (Lipinski definition) is 1. The molecule has 0 unspecified atom stereocenters. The largest absolute Gasteiger partial charge is 0.459 e. The Balaban J connectivity index is 1.84. The van der Waals surface area contributed by atoms with Gasteiger partial charge in [0.25, 0.3) is 5.69 Å². The summed E-state index contributed by atoms with van der Waals surface area (Å²) in [6, 6.07) is 14.7. The fourth-order valence-electron chi connectivity index (χ4n) is 2.26. The number of nitro benzene ring substituents is 1. The number of anilines is 1. The van der Waals surface area contributed by atoms with Crippen molar-refractivity contribution in [3.8, 4) is 0 Å². The van der Waals surface area contributed by atoms with Crippen LogP contribution in [0.3, 0.4) is 0 Å². The number of para-hydroxylation sites is 1. The second-order valence-corrected chi connectivity index (χ2v) is 4.88. The maximum atomic E-state index is 11.0. The summed E-state index contributed by atoms with van der Waals surface area (Å²) in [4.78, 5) is 10.6. The summed E-state index contributed by atoms with van der Waals surface area (Å²) in [7, 11) is 0. The van der Waals surface area contributed by atoms with Gasteiger partial charge in [-0.15, -0.1) is 0 Å². The van der Waals surface area contributed by atoms with Crippen molar-refractivity contribution in [3.05, 3.63) is 70.0 Å². The minimum Gasteiger partial charge on any atom is -0.459 e. The maximum absolute atomic E-state index is 11.0. The van der Waals surface area contributed by atoms with E-state index in [0.717, 1.165) is 22.3 Å². The Hall–Kier alpha value is -2.82. The van der Waals surface area contributed by atoms with E-state index in [9.17, 15) is 10.1 Å². The monoisotopic (exact) mass is 282 g/mol. The van der Waals surface area contributed by atoms with E-state index < -0.39 is 0 Å². The van der Waals surface area contributed by atoms with Crippen molar-refractivity contribution < 1.29 is 9.34 Å². The maximum Gasteiger partial charge on any atom is 0.292 e. The third-order valence-corrected chi connectivity index (χ3v) is 3.28. The predicted octanol–water partition coefficient (Wildman–Crippen LogP) is 4.26. The first-order chi connectivity index (χ1) is 10.1. The first kappa shape index (κ1) is 13.2. The van der Waals surface area contributed by atoms with Crippen LogP contribution in [0.5, 0.6) is 0 Å². The molecule has 0 radical (unpaired) electrons. The van der Waals surface area contributed by atoms with E-state index >= 15 is 0 Å². The average molecular weight is 282 g/mol. The number of nitro groups is 1. The molecule has 0 amide bonds. The highest BCUT2D eigenvalue weighted by molar-refractivity contribution is 5.77. The number of furan rings is 1. The van der Waals surface area contributed by atoms with Gasteiger partial charge < -0.3 is 9.73 Å². The van der Waals surface area contributed by atoms with Crippen LogP contribution in [0, 0.1) is 17.0 Å². The number of rotatable bonds is 4. The molecule has 0 aliphatic rings. The van der Waals surface area contributed by atoms with E-state index in [4.69, 9.17) is 4.42 Å². The Kier molecular flexibility index (Phi) is 3.31. The molecule has 21 heavy (non-hydrogen) atoms. The third-order valence-electron chi connectivity index (χ3n) is 3.28. The fourth-order valence-corrected chi connectivity index (χ4v) is 2.26. The van der Waals surface area contributed by atoms with Crippen LogP contribution in [-0.2, 0) is 6.54 Å². The van der Waals surface area contributed by atoms with Gasteiger partial charge in [0.15, 0.2) is 0 Å². The topological polar surface area (TPSA) is 68.3 Å². The summed E-state index contributed by atoms with van der Waals surface area (Å²) >= 11 is 0. The van der Waals surface area contributed by atoms with E-state index in [2.05, 4.69) is 5.32 Å². The zero-order valence-electron chi connectivity index (χ0n) is 11.5. The summed E-state index contributed by atoms with van der Waals surface area (Å²) in [5.74, 6) is 0.743. The minimum absolute atomic E-state index is 0.0664. The van der Waals surface area contributed by atoms with E-state index in [1.54, 1.807) is 12.1 Å². The van der Waals surface area contributed by atoms with Crippen molar-refractivity contribution in [1.82, 2.24) is 0 Å². The van der Waals surface area contributed by atoms with Gasteiger partial charge >= 0.3 is 0 Å². The highest BCUT2D eigenvalue weighted by atomic mass is 16.6. The highest BCUT2D eigenvalue weighted by Gasteiger charge is 2.13. The first-order valence-corrected chi connectivity index (χ1v) is 6.60. The lowest BCUT2D eigenvalue weighted by Crippen LogP contribution is -2.02. The molecule has 2 aromatic carbocycles. The van der Waals surface area contributed by atoms with Crippen LogP contribution in [0.4, 0.5) is 11.4 Å². The molecule has 0 spiro atoms. The summed E-state index contributed by atoms with van der Waals surface area (Å²) in [6.07, 6.45) is 0. The van der Waals surface area contributed by atoms with Crippen LogP contribution < -0.4 is 5.32 Å². The first-order valence-electron chi connectivity index (χ1n) is 6.60. The second kappa shape index (κ2) is 5.28. The minimum atomic E-state index is -0.388. The number of fused-ring (bicyclic) bond motifs is 1. The zero-order chi connectivity index (χ0) is 14.8. The van der Waals surface area contributed by atoms with Crippen LogP contribution in [0.15, 0.2) is 52.9 Å². The number of hydrogen-bond acceptors (Lipinski definition) is 4. The smallest absolute Gasteiger partial charge is 0.292 e. The normalized spacial score (nSPS) is 10.7. The highest BCUT2D eigenvalue weighted by Crippen LogP contribution is 2.26. The Morgan fingerprint density at radius 1 is 1.19 bits per heavy atom. The Labute approximate surface area is 121 Å². The van der Waals surface area contributed by atoms with Crippen LogP contribution in [0.1, 0.15) is 11.3 Å². The molecule has 0 aliphatic heterocycles. The van der Waals surface area contributed by atoms with Crippen LogP contribution in [0.2, 0.25) is 0 Å². The van der Waals surface area contributed by atoms with E-state index in [1.807, 2.05) is 37.3 Å². The predicted molar refractivity (Wildman–Crippen MR) is 81.4 cm³/mol. The Morgan fingerprint density at radius 3 is 2.76 bits per heavy atom. The molecule has 1 heterocycles. The van der Waals surface area contributed by atoms with Crippen LogP contribution >= 0.6 is 0 Å². The van der Waals surface area contributed by atoms with Crippen molar-refractivity contribution in [3.63, 3.8) is 0 Å². The van der Waals surface area contributed by atoms with Gasteiger partial charge in [0.2, 0.25) is 0 Å². The SMILES string of the molecule is Cc1ccc([N+](=O)[O-])c(NCc2cc3ccccc3o2)c1. The standard InChI is InChI=1S/C16H14N2O3/c1-11-6-7-15(18(19)20)14(8-11)17-10-13-9-12-4-2-3-5-16(12)21-13/h2-9,17H,10H2,1H3. The fraction of sp³-hybridized carbons (Fsp3) is 0.125. The molecule has 0 fully saturated rings. The van der Waals surface area contributed by atoms with E-state index in [-0.39, 0.29) is 10.6 Å².